The van der Waals surface area contributed by atoms with Crippen LogP contribution in [0.2, 0.25) is 5.28 Å². The van der Waals surface area contributed by atoms with E-state index >= 15 is 0 Å². The van der Waals surface area contributed by atoms with Gasteiger partial charge in [-0.25, -0.2) is 4.98 Å². The highest BCUT2D eigenvalue weighted by molar-refractivity contribution is 9.10. The van der Waals surface area contributed by atoms with Crippen LogP contribution in [0.15, 0.2) is 10.7 Å². The first-order valence-electron chi connectivity index (χ1n) is 6.05. The predicted octanol–water partition coefficient (Wildman–Crippen LogP) is 4.63. The number of unbranched alkanes of at least 4 members (excludes halogenated alkanes) is 5. The molecule has 1 heterocycles. The maximum absolute atomic E-state index is 5.69. The lowest BCUT2D eigenvalue weighted by molar-refractivity contribution is 0.291. The Balaban J connectivity index is 2.15. The first kappa shape index (κ1) is 14.7. The molecule has 0 fully saturated rings. The van der Waals surface area contributed by atoms with Crippen LogP contribution in [-0.2, 0) is 0 Å². The molecule has 3 nitrogen and oxygen atoms in total. The molecule has 0 N–H and O–H groups in total. The van der Waals surface area contributed by atoms with Gasteiger partial charge in [-0.2, -0.15) is 4.98 Å². The summed E-state index contributed by atoms with van der Waals surface area (Å²) in [5.74, 6) is 0.526. The van der Waals surface area contributed by atoms with Gasteiger partial charge in [0.05, 0.1) is 11.1 Å². The van der Waals surface area contributed by atoms with E-state index in [0.29, 0.717) is 12.5 Å². The van der Waals surface area contributed by atoms with Crippen molar-refractivity contribution in [2.45, 2.75) is 45.4 Å². The topological polar surface area (TPSA) is 35.0 Å². The van der Waals surface area contributed by atoms with Crippen LogP contribution >= 0.6 is 27.5 Å². The summed E-state index contributed by atoms with van der Waals surface area (Å²) < 4.78 is 6.29. The molecule has 17 heavy (non-hydrogen) atoms. The van der Waals surface area contributed by atoms with Gasteiger partial charge in [0.25, 0.3) is 0 Å². The van der Waals surface area contributed by atoms with E-state index in [4.69, 9.17) is 16.3 Å². The highest BCUT2D eigenvalue weighted by Crippen LogP contribution is 2.22. The third kappa shape index (κ3) is 6.22. The van der Waals surface area contributed by atoms with Crippen molar-refractivity contribution in [1.82, 2.24) is 9.97 Å². The van der Waals surface area contributed by atoms with Crippen molar-refractivity contribution in [2.75, 3.05) is 6.61 Å². The van der Waals surface area contributed by atoms with Gasteiger partial charge < -0.3 is 4.74 Å². The molecule has 0 aliphatic carbocycles. The molecule has 0 amide bonds. The van der Waals surface area contributed by atoms with Gasteiger partial charge in [-0.15, -0.1) is 0 Å². The lowest BCUT2D eigenvalue weighted by Crippen LogP contribution is -2.00. The summed E-state index contributed by atoms with van der Waals surface area (Å²) in [7, 11) is 0. The van der Waals surface area contributed by atoms with Crippen LogP contribution in [0.1, 0.15) is 45.4 Å². The minimum atomic E-state index is 0.214. The monoisotopic (exact) mass is 320 g/mol. The maximum Gasteiger partial charge on any atom is 0.232 e. The lowest BCUT2D eigenvalue weighted by Gasteiger charge is -2.06. The molecule has 0 bridgehead atoms. The Bertz CT molecular complexity index is 336. The van der Waals surface area contributed by atoms with E-state index in [0.717, 1.165) is 10.9 Å². The zero-order valence-corrected chi connectivity index (χ0v) is 12.4. The van der Waals surface area contributed by atoms with Crippen LogP contribution in [-0.4, -0.2) is 16.6 Å². The summed E-state index contributed by atoms with van der Waals surface area (Å²) in [6.45, 7) is 2.90. The average Bonchev–Trinajstić information content (AvgIpc) is 2.32. The number of rotatable bonds is 8. The second-order valence-electron chi connectivity index (χ2n) is 3.91. The van der Waals surface area contributed by atoms with Gasteiger partial charge >= 0.3 is 0 Å². The van der Waals surface area contributed by atoms with Gasteiger partial charge in [0, 0.05) is 6.20 Å². The highest BCUT2D eigenvalue weighted by Gasteiger charge is 2.04. The fourth-order valence-electron chi connectivity index (χ4n) is 1.48. The fraction of sp³-hybridized carbons (Fsp3) is 0.667. The molecule has 0 spiro atoms. The van der Waals surface area contributed by atoms with Crippen molar-refractivity contribution < 1.29 is 4.74 Å². The van der Waals surface area contributed by atoms with E-state index < -0.39 is 0 Å². The third-order valence-corrected chi connectivity index (χ3v) is 3.15. The molecule has 1 rings (SSSR count). The van der Waals surface area contributed by atoms with Crippen molar-refractivity contribution in [3.63, 3.8) is 0 Å². The average molecular weight is 322 g/mol. The molecule has 0 aliphatic heterocycles. The Kier molecular flexibility index (Phi) is 7.53. The Morgan fingerprint density at radius 3 is 2.71 bits per heavy atom. The van der Waals surface area contributed by atoms with Crippen LogP contribution in [0.5, 0.6) is 5.88 Å². The van der Waals surface area contributed by atoms with E-state index in [2.05, 4.69) is 32.8 Å². The standard InChI is InChI=1S/C12H18BrClN2O/c1-2-3-4-5-6-7-8-17-11-10(13)9-15-12(14)16-11/h9H,2-8H2,1H3. The number of hydrogen-bond acceptors (Lipinski definition) is 3. The number of aromatic nitrogens is 2. The number of nitrogens with zero attached hydrogens (tertiary/aromatic N) is 2. The number of halogens is 2. The van der Waals surface area contributed by atoms with E-state index in [1.54, 1.807) is 6.20 Å². The normalized spacial score (nSPS) is 10.5. The van der Waals surface area contributed by atoms with Crippen LogP contribution in [0.3, 0.4) is 0 Å². The SMILES string of the molecule is CCCCCCCCOc1nc(Cl)ncc1Br. The van der Waals surface area contributed by atoms with Gasteiger partial charge in [0.1, 0.15) is 0 Å². The molecule has 5 heteroatoms. The zero-order chi connectivity index (χ0) is 12.5. The first-order chi connectivity index (χ1) is 8.24. The van der Waals surface area contributed by atoms with E-state index in [1.165, 1.54) is 32.1 Å². The zero-order valence-electron chi connectivity index (χ0n) is 10.1. The minimum Gasteiger partial charge on any atom is -0.477 e. The van der Waals surface area contributed by atoms with Crippen molar-refractivity contribution in [1.29, 1.82) is 0 Å². The molecule has 96 valence electrons. The minimum absolute atomic E-state index is 0.214. The third-order valence-electron chi connectivity index (χ3n) is 2.42. The Hall–Kier alpha value is -0.350. The predicted molar refractivity (Wildman–Crippen MR) is 73.6 cm³/mol. The molecule has 0 aromatic carbocycles. The summed E-state index contributed by atoms with van der Waals surface area (Å²) in [5, 5.41) is 0.214. The second kappa shape index (κ2) is 8.70. The number of hydrogen-bond donors (Lipinski definition) is 0. The van der Waals surface area contributed by atoms with Crippen LogP contribution < -0.4 is 4.74 Å². The molecule has 1 aromatic heterocycles. The molecule has 0 saturated carbocycles. The van der Waals surface area contributed by atoms with Gasteiger partial charge in [0.2, 0.25) is 11.2 Å². The molecule has 0 atom stereocenters. The second-order valence-corrected chi connectivity index (χ2v) is 5.10. The Labute approximate surface area is 116 Å². The summed E-state index contributed by atoms with van der Waals surface area (Å²) >= 11 is 9.02. The smallest absolute Gasteiger partial charge is 0.232 e. The van der Waals surface area contributed by atoms with Crippen LogP contribution in [0.25, 0.3) is 0 Å². The Morgan fingerprint density at radius 2 is 1.94 bits per heavy atom. The largest absolute Gasteiger partial charge is 0.477 e. The van der Waals surface area contributed by atoms with Crippen LogP contribution in [0.4, 0.5) is 0 Å². The fourth-order valence-corrected chi connectivity index (χ4v) is 1.91. The lowest BCUT2D eigenvalue weighted by atomic mass is 10.1. The van der Waals surface area contributed by atoms with Gasteiger partial charge in [-0.3, -0.25) is 0 Å². The Morgan fingerprint density at radius 1 is 1.24 bits per heavy atom. The van der Waals surface area contributed by atoms with Gasteiger partial charge in [-0.05, 0) is 34.0 Å². The summed E-state index contributed by atoms with van der Waals surface area (Å²) in [6, 6.07) is 0. The number of ether oxygens (including phenoxy) is 1. The summed E-state index contributed by atoms with van der Waals surface area (Å²) in [4.78, 5) is 7.85. The van der Waals surface area contributed by atoms with Gasteiger partial charge in [-0.1, -0.05) is 39.0 Å². The summed E-state index contributed by atoms with van der Waals surface area (Å²) in [5.41, 5.74) is 0. The molecular weight excluding hydrogens is 304 g/mol. The molecule has 1 aromatic rings. The highest BCUT2D eigenvalue weighted by atomic mass is 79.9. The van der Waals surface area contributed by atoms with Crippen molar-refractivity contribution in [3.05, 3.63) is 16.0 Å². The molecule has 0 aliphatic rings. The van der Waals surface area contributed by atoms with Crippen molar-refractivity contribution in [2.24, 2.45) is 0 Å². The van der Waals surface area contributed by atoms with E-state index in [9.17, 15) is 0 Å². The molecule has 0 saturated heterocycles. The van der Waals surface area contributed by atoms with Gasteiger partial charge in [0.15, 0.2) is 0 Å². The summed E-state index contributed by atoms with van der Waals surface area (Å²) in [6.07, 6.45) is 9.07. The van der Waals surface area contributed by atoms with Crippen molar-refractivity contribution in [3.8, 4) is 5.88 Å². The quantitative estimate of drug-likeness (QED) is 0.517. The maximum atomic E-state index is 5.69. The molecular formula is C12H18BrClN2O. The van der Waals surface area contributed by atoms with Crippen LogP contribution in [0, 0.1) is 0 Å². The first-order valence-corrected chi connectivity index (χ1v) is 7.22. The van der Waals surface area contributed by atoms with Crippen molar-refractivity contribution >= 4 is 27.5 Å². The molecule has 0 radical (unpaired) electrons. The molecule has 0 unspecified atom stereocenters. The van der Waals surface area contributed by atoms with E-state index in [-0.39, 0.29) is 5.28 Å². The van der Waals surface area contributed by atoms with E-state index in [1.807, 2.05) is 0 Å².